The Morgan fingerprint density at radius 3 is 2.21 bits per heavy atom. The van der Waals surface area contributed by atoms with Gasteiger partial charge < -0.3 is 14.4 Å². The van der Waals surface area contributed by atoms with Gasteiger partial charge in [0.05, 0.1) is 19.1 Å². The zero-order chi connectivity index (χ0) is 28.8. The van der Waals surface area contributed by atoms with Crippen LogP contribution in [0.25, 0.3) is 0 Å². The molecule has 0 unspecified atom stereocenters. The number of anilines is 1. The maximum atomic E-state index is 13.8. The Bertz CT molecular complexity index is 1100. The van der Waals surface area contributed by atoms with Crippen molar-refractivity contribution in [3.8, 4) is 0 Å². The highest BCUT2D eigenvalue weighted by atomic mass is 28.4. The van der Waals surface area contributed by atoms with Gasteiger partial charge in [0.2, 0.25) is 0 Å². The van der Waals surface area contributed by atoms with Gasteiger partial charge in [-0.15, -0.1) is 0 Å². The Morgan fingerprint density at radius 1 is 1.03 bits per heavy atom. The van der Waals surface area contributed by atoms with Crippen LogP contribution in [0.3, 0.4) is 0 Å². The number of carbonyl (C=O) groups excluding carboxylic acids is 1. The molecule has 2 aromatic rings. The SMILES string of the molecule is CCN(CCO[Si](C)(C)C(C)(C)C)C(=O)N(Cc1ccc([C@@H]2CCCC[C@H]2C(=O)O)cc1)c1ccc(F)cc1. The molecule has 214 valence electrons. The minimum atomic E-state index is -1.94. The fourth-order valence-electron chi connectivity index (χ4n) is 4.96. The topological polar surface area (TPSA) is 70.1 Å². The van der Waals surface area contributed by atoms with Crippen LogP contribution in [0.2, 0.25) is 18.1 Å². The molecule has 0 heterocycles. The number of hydrogen-bond donors (Lipinski definition) is 1. The fourth-order valence-corrected chi connectivity index (χ4v) is 5.99. The third-order valence-corrected chi connectivity index (χ3v) is 13.0. The number of nitrogens with zero attached hydrogens (tertiary/aromatic N) is 2. The van der Waals surface area contributed by atoms with Crippen LogP contribution in [0.5, 0.6) is 0 Å². The average Bonchev–Trinajstić information content (AvgIpc) is 2.89. The van der Waals surface area contributed by atoms with Crippen LogP contribution in [0.15, 0.2) is 48.5 Å². The molecule has 0 spiro atoms. The summed E-state index contributed by atoms with van der Waals surface area (Å²) in [6, 6.07) is 13.8. The molecule has 39 heavy (non-hydrogen) atoms. The van der Waals surface area contributed by atoms with Crippen molar-refractivity contribution in [1.82, 2.24) is 4.90 Å². The average molecular weight is 557 g/mol. The molecule has 2 atom stereocenters. The molecule has 0 saturated heterocycles. The Labute approximate surface area is 234 Å². The largest absolute Gasteiger partial charge is 0.481 e. The molecule has 3 rings (SSSR count). The number of aliphatic carboxylic acids is 1. The van der Waals surface area contributed by atoms with Gasteiger partial charge in [-0.05, 0) is 79.2 Å². The first-order chi connectivity index (χ1) is 18.3. The van der Waals surface area contributed by atoms with Crippen molar-refractivity contribution < 1.29 is 23.5 Å². The molecule has 0 radical (unpaired) electrons. The van der Waals surface area contributed by atoms with E-state index in [0.29, 0.717) is 38.3 Å². The monoisotopic (exact) mass is 556 g/mol. The minimum absolute atomic E-state index is 0.0108. The lowest BCUT2D eigenvalue weighted by atomic mass is 9.75. The Hall–Kier alpha value is -2.71. The van der Waals surface area contributed by atoms with Gasteiger partial charge in [-0.3, -0.25) is 9.69 Å². The fraction of sp³-hybridized carbons (Fsp3) is 0.548. The second-order valence-electron chi connectivity index (χ2n) is 12.1. The van der Waals surface area contributed by atoms with Crippen molar-refractivity contribution in [2.75, 3.05) is 24.6 Å². The van der Waals surface area contributed by atoms with E-state index in [1.54, 1.807) is 21.9 Å². The molecular weight excluding hydrogens is 511 g/mol. The number of likely N-dealkylation sites (N-methyl/N-ethyl adjacent to an activating group) is 1. The highest BCUT2D eigenvalue weighted by Crippen LogP contribution is 2.38. The second-order valence-corrected chi connectivity index (χ2v) is 16.9. The predicted molar refractivity (Wildman–Crippen MR) is 157 cm³/mol. The van der Waals surface area contributed by atoms with Crippen molar-refractivity contribution in [1.29, 1.82) is 0 Å². The Morgan fingerprint density at radius 2 is 1.64 bits per heavy atom. The van der Waals surface area contributed by atoms with E-state index in [4.69, 9.17) is 4.43 Å². The van der Waals surface area contributed by atoms with Gasteiger partial charge in [0, 0.05) is 18.8 Å². The molecule has 2 aromatic carbocycles. The van der Waals surface area contributed by atoms with Gasteiger partial charge in [0.15, 0.2) is 8.32 Å². The molecule has 0 aromatic heterocycles. The normalized spacial score (nSPS) is 18.0. The summed E-state index contributed by atoms with van der Waals surface area (Å²) >= 11 is 0. The summed E-state index contributed by atoms with van der Waals surface area (Å²) in [5.74, 6) is -1.43. The number of halogens is 1. The highest BCUT2D eigenvalue weighted by Gasteiger charge is 2.37. The van der Waals surface area contributed by atoms with Gasteiger partial charge in [-0.25, -0.2) is 9.18 Å². The number of rotatable bonds is 10. The second kappa shape index (κ2) is 13.1. The summed E-state index contributed by atoms with van der Waals surface area (Å²) in [6.45, 7) is 14.7. The quantitative estimate of drug-likeness (QED) is 0.305. The summed E-state index contributed by atoms with van der Waals surface area (Å²) in [6.07, 6.45) is 3.57. The number of amides is 2. The first-order valence-corrected chi connectivity index (χ1v) is 17.0. The summed E-state index contributed by atoms with van der Waals surface area (Å²) in [5.41, 5.74) is 2.57. The number of carbonyl (C=O) groups is 2. The zero-order valence-electron chi connectivity index (χ0n) is 24.4. The number of urea groups is 1. The highest BCUT2D eigenvalue weighted by molar-refractivity contribution is 6.74. The molecule has 0 bridgehead atoms. The summed E-state index contributed by atoms with van der Waals surface area (Å²) in [4.78, 5) is 29.0. The summed E-state index contributed by atoms with van der Waals surface area (Å²) in [5, 5.41) is 9.77. The van der Waals surface area contributed by atoms with Crippen LogP contribution in [0.1, 0.15) is 70.4 Å². The van der Waals surface area contributed by atoms with Crippen LogP contribution < -0.4 is 4.90 Å². The van der Waals surface area contributed by atoms with Crippen molar-refractivity contribution in [3.05, 3.63) is 65.5 Å². The first kappa shape index (κ1) is 30.8. The molecule has 6 nitrogen and oxygen atoms in total. The van der Waals surface area contributed by atoms with Gasteiger partial charge in [0.25, 0.3) is 0 Å². The maximum absolute atomic E-state index is 13.8. The van der Waals surface area contributed by atoms with E-state index in [1.807, 2.05) is 31.2 Å². The molecule has 1 saturated carbocycles. The van der Waals surface area contributed by atoms with E-state index in [-0.39, 0.29) is 28.7 Å². The van der Waals surface area contributed by atoms with Crippen molar-refractivity contribution in [2.45, 2.75) is 84.0 Å². The number of benzene rings is 2. The van der Waals surface area contributed by atoms with Crippen molar-refractivity contribution >= 4 is 26.0 Å². The van der Waals surface area contributed by atoms with Crippen LogP contribution >= 0.6 is 0 Å². The van der Waals surface area contributed by atoms with E-state index in [2.05, 4.69) is 33.9 Å². The molecule has 1 fully saturated rings. The molecular formula is C31H45FN2O4Si. The van der Waals surface area contributed by atoms with Crippen molar-refractivity contribution in [3.63, 3.8) is 0 Å². The van der Waals surface area contributed by atoms with Gasteiger partial charge in [-0.1, -0.05) is 57.9 Å². The number of hydrogen-bond acceptors (Lipinski definition) is 3. The Balaban J connectivity index is 1.78. The summed E-state index contributed by atoms with van der Waals surface area (Å²) in [7, 11) is -1.94. The van der Waals surface area contributed by atoms with Gasteiger partial charge >= 0.3 is 12.0 Å². The molecule has 8 heteroatoms. The van der Waals surface area contributed by atoms with E-state index in [1.165, 1.54) is 12.1 Å². The molecule has 1 aliphatic rings. The zero-order valence-corrected chi connectivity index (χ0v) is 25.4. The Kier molecular flexibility index (Phi) is 10.3. The number of carboxylic acids is 1. The van der Waals surface area contributed by atoms with Crippen LogP contribution in [-0.4, -0.2) is 50.0 Å². The van der Waals surface area contributed by atoms with E-state index in [9.17, 15) is 19.1 Å². The lowest BCUT2D eigenvalue weighted by molar-refractivity contribution is -0.143. The summed E-state index contributed by atoms with van der Waals surface area (Å²) < 4.78 is 20.0. The molecule has 1 N–H and O–H groups in total. The third kappa shape index (κ3) is 7.91. The third-order valence-electron chi connectivity index (χ3n) is 8.48. The van der Waals surface area contributed by atoms with Crippen molar-refractivity contribution in [2.24, 2.45) is 5.92 Å². The molecule has 0 aliphatic heterocycles. The van der Waals surface area contributed by atoms with Gasteiger partial charge in [0.1, 0.15) is 5.82 Å². The predicted octanol–water partition coefficient (Wildman–Crippen LogP) is 7.65. The van der Waals surface area contributed by atoms with E-state index < -0.39 is 14.3 Å². The molecule has 2 amide bonds. The minimum Gasteiger partial charge on any atom is -0.481 e. The lowest BCUT2D eigenvalue weighted by Gasteiger charge is -2.37. The standard InChI is InChI=1S/C31H45FN2O4Si/c1-7-33(20-21-38-39(5,6)31(2,3)4)30(37)34(26-18-16-25(32)17-19-26)22-23-12-14-24(15-13-23)27-10-8-9-11-28(27)29(35)36/h12-19,27-28H,7-11,20-22H2,1-6H3,(H,35,36)/t27-,28+/m0/s1. The molecule has 1 aliphatic carbocycles. The van der Waals surface area contributed by atoms with Crippen LogP contribution in [-0.2, 0) is 15.8 Å². The first-order valence-electron chi connectivity index (χ1n) is 14.1. The lowest BCUT2D eigenvalue weighted by Crippen LogP contribution is -2.47. The van der Waals surface area contributed by atoms with Crippen LogP contribution in [0.4, 0.5) is 14.9 Å². The van der Waals surface area contributed by atoms with E-state index >= 15 is 0 Å². The van der Waals surface area contributed by atoms with Crippen LogP contribution in [0, 0.1) is 11.7 Å². The smallest absolute Gasteiger partial charge is 0.324 e. The van der Waals surface area contributed by atoms with Gasteiger partial charge in [-0.2, -0.15) is 0 Å². The maximum Gasteiger partial charge on any atom is 0.324 e. The van der Waals surface area contributed by atoms with E-state index in [0.717, 1.165) is 30.4 Å². The number of carboxylic acid groups (broad SMARTS) is 1.